The van der Waals surface area contributed by atoms with Crippen LogP contribution in [-0.4, -0.2) is 24.6 Å². The summed E-state index contributed by atoms with van der Waals surface area (Å²) in [4.78, 5) is 0. The second-order valence-corrected chi connectivity index (χ2v) is 2.05. The maximum atomic E-state index is 7.96. The summed E-state index contributed by atoms with van der Waals surface area (Å²) in [6.45, 7) is 6.58. The molecule has 0 amide bonds. The van der Waals surface area contributed by atoms with Gasteiger partial charge in [-0.3, -0.25) is 0 Å². The number of nitrogens with zero attached hydrogens (tertiary/aromatic N) is 1. The first-order chi connectivity index (χ1) is 4.81. The molecule has 0 aromatic carbocycles. The predicted molar refractivity (Wildman–Crippen MR) is 40.5 cm³/mol. The van der Waals surface area contributed by atoms with E-state index in [1.165, 1.54) is 6.21 Å². The Bertz CT molecular complexity index is 112. The molecular formula is C7H13NO2. The second-order valence-electron chi connectivity index (χ2n) is 2.05. The molecule has 10 heavy (non-hydrogen) atoms. The molecule has 0 rings (SSSR count). The van der Waals surface area contributed by atoms with Gasteiger partial charge in [0.2, 0.25) is 0 Å². The van der Waals surface area contributed by atoms with Gasteiger partial charge in [0.15, 0.2) is 0 Å². The first-order valence-electron chi connectivity index (χ1n) is 3.17. The topological polar surface area (TPSA) is 41.8 Å². The van der Waals surface area contributed by atoms with Gasteiger partial charge in [-0.15, -0.1) is 6.58 Å². The lowest BCUT2D eigenvalue weighted by Gasteiger charge is -2.03. The summed E-state index contributed by atoms with van der Waals surface area (Å²) >= 11 is 0. The molecule has 0 aliphatic rings. The van der Waals surface area contributed by atoms with E-state index in [-0.39, 0.29) is 0 Å². The third-order valence-electron chi connectivity index (χ3n) is 1.06. The van der Waals surface area contributed by atoms with Crippen LogP contribution in [0, 0.1) is 5.92 Å². The van der Waals surface area contributed by atoms with E-state index in [9.17, 15) is 0 Å². The van der Waals surface area contributed by atoms with Gasteiger partial charge in [-0.05, 0) is 5.92 Å². The Kier molecular flexibility index (Phi) is 5.77. The molecule has 3 nitrogen and oxygen atoms in total. The molecule has 0 fully saturated rings. The third-order valence-corrected chi connectivity index (χ3v) is 1.06. The Hall–Kier alpha value is -0.830. The van der Waals surface area contributed by atoms with Crippen LogP contribution in [0.1, 0.15) is 6.92 Å². The summed E-state index contributed by atoms with van der Waals surface area (Å²) in [6, 6.07) is 0. The normalized spacial score (nSPS) is 13.7. The van der Waals surface area contributed by atoms with Crippen LogP contribution in [0.3, 0.4) is 0 Å². The number of oxime groups is 1. The van der Waals surface area contributed by atoms with Gasteiger partial charge in [0.25, 0.3) is 0 Å². The summed E-state index contributed by atoms with van der Waals surface area (Å²) in [5, 5.41) is 10.7. The van der Waals surface area contributed by atoms with E-state index in [1.54, 1.807) is 0 Å². The zero-order chi connectivity index (χ0) is 7.82. The number of hydrogen-bond acceptors (Lipinski definition) is 3. The van der Waals surface area contributed by atoms with Crippen molar-refractivity contribution in [1.82, 2.24) is 0 Å². The predicted octanol–water partition coefficient (Wildman–Crippen LogP) is 1.29. The minimum absolute atomic E-state index is 0.354. The molecule has 0 spiro atoms. The second kappa shape index (κ2) is 6.29. The molecule has 0 aliphatic heterocycles. The van der Waals surface area contributed by atoms with Crippen LogP contribution in [-0.2, 0) is 4.74 Å². The van der Waals surface area contributed by atoms with Gasteiger partial charge in [0.1, 0.15) is 0 Å². The minimum atomic E-state index is 0.354. The molecule has 0 heterocycles. The fraction of sp³-hybridized carbons (Fsp3) is 0.571. The molecule has 0 radical (unpaired) electrons. The molecule has 0 aromatic rings. The van der Waals surface area contributed by atoms with E-state index >= 15 is 0 Å². The quantitative estimate of drug-likeness (QED) is 0.207. The summed E-state index contributed by atoms with van der Waals surface area (Å²) in [6.07, 6.45) is 3.12. The number of hydrogen-bond donors (Lipinski definition) is 1. The highest BCUT2D eigenvalue weighted by Crippen LogP contribution is 1.94. The number of rotatable bonds is 5. The fourth-order valence-electron chi connectivity index (χ4n) is 0.408. The van der Waals surface area contributed by atoms with Gasteiger partial charge in [0.05, 0.1) is 19.4 Å². The maximum absolute atomic E-state index is 7.96. The smallest absolute Gasteiger partial charge is 0.0852 e. The van der Waals surface area contributed by atoms with Crippen LogP contribution in [0.4, 0.5) is 0 Å². The third kappa shape index (κ3) is 5.31. The van der Waals surface area contributed by atoms with Gasteiger partial charge < -0.3 is 9.94 Å². The van der Waals surface area contributed by atoms with Gasteiger partial charge in [-0.2, -0.15) is 0 Å². The molecule has 58 valence electrons. The fourth-order valence-corrected chi connectivity index (χ4v) is 0.408. The maximum Gasteiger partial charge on any atom is 0.0852 e. The monoisotopic (exact) mass is 143 g/mol. The summed E-state index contributed by atoms with van der Waals surface area (Å²) in [5.41, 5.74) is 0. The highest BCUT2D eigenvalue weighted by atomic mass is 16.5. The Labute approximate surface area is 61.0 Å². The van der Waals surface area contributed by atoms with Crippen molar-refractivity contribution in [3.8, 4) is 0 Å². The lowest BCUT2D eigenvalue weighted by molar-refractivity contribution is 0.151. The van der Waals surface area contributed by atoms with Crippen LogP contribution in [0.2, 0.25) is 0 Å². The van der Waals surface area contributed by atoms with Crippen molar-refractivity contribution in [3.05, 3.63) is 12.7 Å². The number of ether oxygens (including phenoxy) is 1. The van der Waals surface area contributed by atoms with Gasteiger partial charge in [-0.1, -0.05) is 18.2 Å². The Balaban J connectivity index is 3.11. The van der Waals surface area contributed by atoms with Gasteiger partial charge in [0, 0.05) is 0 Å². The van der Waals surface area contributed by atoms with E-state index in [1.807, 2.05) is 13.0 Å². The molecule has 0 aliphatic carbocycles. The van der Waals surface area contributed by atoms with Crippen molar-refractivity contribution in [2.75, 3.05) is 13.2 Å². The molecule has 1 atom stereocenters. The van der Waals surface area contributed by atoms with Gasteiger partial charge in [-0.25, -0.2) is 0 Å². The summed E-state index contributed by atoms with van der Waals surface area (Å²) in [5.74, 6) is 0.354. The van der Waals surface area contributed by atoms with Crippen LogP contribution < -0.4 is 0 Å². The van der Waals surface area contributed by atoms with E-state index in [2.05, 4.69) is 11.7 Å². The van der Waals surface area contributed by atoms with Crippen molar-refractivity contribution in [3.63, 3.8) is 0 Å². The van der Waals surface area contributed by atoms with Crippen LogP contribution in [0.25, 0.3) is 0 Å². The highest BCUT2D eigenvalue weighted by molar-refractivity contribution is 5.57. The highest BCUT2D eigenvalue weighted by Gasteiger charge is 1.92. The molecule has 1 unspecified atom stereocenters. The molecule has 0 aromatic heterocycles. The van der Waals surface area contributed by atoms with Gasteiger partial charge >= 0.3 is 0 Å². The average Bonchev–Trinajstić information content (AvgIpc) is 1.98. The van der Waals surface area contributed by atoms with E-state index < -0.39 is 0 Å². The Morgan fingerprint density at radius 3 is 3.00 bits per heavy atom. The first kappa shape index (κ1) is 9.17. The molecule has 0 saturated heterocycles. The van der Waals surface area contributed by atoms with Crippen LogP contribution >= 0.6 is 0 Å². The minimum Gasteiger partial charge on any atom is -0.411 e. The Morgan fingerprint density at radius 1 is 1.80 bits per heavy atom. The van der Waals surface area contributed by atoms with E-state index in [0.29, 0.717) is 19.1 Å². The lowest BCUT2D eigenvalue weighted by atomic mass is 10.2. The van der Waals surface area contributed by atoms with Crippen molar-refractivity contribution >= 4 is 6.21 Å². The van der Waals surface area contributed by atoms with Crippen molar-refractivity contribution in [2.45, 2.75) is 6.92 Å². The molecule has 1 N–H and O–H groups in total. The van der Waals surface area contributed by atoms with Crippen LogP contribution in [0.15, 0.2) is 17.8 Å². The molecule has 0 bridgehead atoms. The Morgan fingerprint density at radius 2 is 2.50 bits per heavy atom. The van der Waals surface area contributed by atoms with Crippen molar-refractivity contribution < 1.29 is 9.94 Å². The zero-order valence-corrected chi connectivity index (χ0v) is 6.16. The summed E-state index contributed by atoms with van der Waals surface area (Å²) in [7, 11) is 0. The summed E-state index contributed by atoms with van der Waals surface area (Å²) < 4.78 is 5.05. The molecule has 3 heteroatoms. The lowest BCUT2D eigenvalue weighted by Crippen LogP contribution is -2.04. The van der Waals surface area contributed by atoms with Crippen LogP contribution in [0.5, 0.6) is 0 Å². The van der Waals surface area contributed by atoms with E-state index in [4.69, 9.17) is 9.94 Å². The molecule has 0 saturated carbocycles. The largest absolute Gasteiger partial charge is 0.411 e. The average molecular weight is 143 g/mol. The first-order valence-corrected chi connectivity index (χ1v) is 3.17. The van der Waals surface area contributed by atoms with Crippen molar-refractivity contribution in [2.24, 2.45) is 11.1 Å². The standard InChI is InChI=1S/C7H13NO2/c1-3-7(2)6-10-5-4-8-9/h3-4,7,9H,1,5-6H2,2H3. The van der Waals surface area contributed by atoms with E-state index in [0.717, 1.165) is 0 Å². The van der Waals surface area contributed by atoms with Crippen molar-refractivity contribution in [1.29, 1.82) is 0 Å². The molecular weight excluding hydrogens is 130 g/mol. The zero-order valence-electron chi connectivity index (χ0n) is 6.16. The SMILES string of the molecule is C=CC(C)COCC=NO.